The average Bonchev–Trinajstić information content (AvgIpc) is 2.42. The number of hydrogen-bond donors (Lipinski definition) is 2. The van der Waals surface area contributed by atoms with Gasteiger partial charge >= 0.3 is 0 Å². The van der Waals surface area contributed by atoms with Gasteiger partial charge in [0.1, 0.15) is 0 Å². The molecular formula is C17H35N3O2. The first-order valence-electron chi connectivity index (χ1n) is 8.32. The molecule has 0 radical (unpaired) electrons. The van der Waals surface area contributed by atoms with Crippen LogP contribution in [0.1, 0.15) is 67.2 Å². The van der Waals surface area contributed by atoms with Gasteiger partial charge in [-0.15, -0.1) is 0 Å². The molecule has 0 heterocycles. The molecule has 0 fully saturated rings. The molecule has 5 nitrogen and oxygen atoms in total. The Balaban J connectivity index is 3.98. The second-order valence-electron chi connectivity index (χ2n) is 7.37. The van der Waals surface area contributed by atoms with E-state index >= 15 is 0 Å². The summed E-state index contributed by atoms with van der Waals surface area (Å²) in [5.74, 6) is 0.130. The number of rotatable bonds is 10. The van der Waals surface area contributed by atoms with Crippen LogP contribution in [-0.2, 0) is 9.59 Å². The number of nitrogens with zero attached hydrogens (tertiary/aromatic N) is 1. The van der Waals surface area contributed by atoms with Crippen LogP contribution < -0.4 is 10.6 Å². The lowest BCUT2D eigenvalue weighted by atomic mass is 10.0. The van der Waals surface area contributed by atoms with Crippen molar-refractivity contribution in [2.24, 2.45) is 0 Å². The first-order valence-corrected chi connectivity index (χ1v) is 8.32. The Kier molecular flexibility index (Phi) is 8.68. The van der Waals surface area contributed by atoms with Crippen LogP contribution in [0.25, 0.3) is 0 Å². The van der Waals surface area contributed by atoms with Crippen molar-refractivity contribution in [2.75, 3.05) is 20.1 Å². The van der Waals surface area contributed by atoms with Crippen LogP contribution in [-0.4, -0.2) is 47.9 Å². The van der Waals surface area contributed by atoms with Crippen LogP contribution in [0, 0.1) is 0 Å². The molecule has 0 saturated heterocycles. The normalized spacial score (nSPS) is 12.4. The Morgan fingerprint density at radius 2 is 1.14 bits per heavy atom. The minimum Gasteiger partial charge on any atom is -0.351 e. The van der Waals surface area contributed by atoms with Crippen LogP contribution >= 0.6 is 0 Å². The minimum absolute atomic E-state index is 0.0651. The van der Waals surface area contributed by atoms with E-state index < -0.39 is 0 Å². The SMILES string of the molecule is CCC(C)(C)NC(=O)CCN(C)CCC(=O)NC(C)(C)CC. The van der Waals surface area contributed by atoms with Crippen LogP contribution in [0.15, 0.2) is 0 Å². The molecule has 22 heavy (non-hydrogen) atoms. The quantitative estimate of drug-likeness (QED) is 0.650. The Labute approximate surface area is 136 Å². The molecule has 130 valence electrons. The third-order valence-electron chi connectivity index (χ3n) is 4.16. The van der Waals surface area contributed by atoms with Gasteiger partial charge in [-0.05, 0) is 47.6 Å². The molecule has 0 aliphatic carbocycles. The van der Waals surface area contributed by atoms with Crippen molar-refractivity contribution in [2.45, 2.75) is 78.3 Å². The molecule has 0 rings (SSSR count). The standard InChI is InChI=1S/C17H35N3O2/c1-8-16(3,4)18-14(21)10-12-20(7)13-11-15(22)19-17(5,6)9-2/h8-13H2,1-7H3,(H,18,21)(H,19,22). The van der Waals surface area contributed by atoms with Crippen molar-refractivity contribution in [1.29, 1.82) is 0 Å². The number of carbonyl (C=O) groups excluding carboxylic acids is 2. The summed E-state index contributed by atoms with van der Waals surface area (Å²) in [5, 5.41) is 6.04. The molecule has 0 saturated carbocycles. The molecule has 0 aromatic heterocycles. The summed E-state index contributed by atoms with van der Waals surface area (Å²) in [6.07, 6.45) is 2.73. The summed E-state index contributed by atoms with van der Waals surface area (Å²) in [7, 11) is 1.94. The van der Waals surface area contributed by atoms with E-state index in [2.05, 4.69) is 24.5 Å². The van der Waals surface area contributed by atoms with E-state index in [-0.39, 0.29) is 22.9 Å². The summed E-state index contributed by atoms with van der Waals surface area (Å²) in [5.41, 5.74) is -0.303. The molecule has 0 aliphatic heterocycles. The molecule has 0 aliphatic rings. The fraction of sp³-hybridized carbons (Fsp3) is 0.882. The first-order chi connectivity index (χ1) is 10.0. The summed E-state index contributed by atoms with van der Waals surface area (Å²) >= 11 is 0. The Morgan fingerprint density at radius 1 is 0.818 bits per heavy atom. The van der Waals surface area contributed by atoms with Crippen LogP contribution in [0.3, 0.4) is 0 Å². The summed E-state index contributed by atoms with van der Waals surface area (Å²) in [6, 6.07) is 0. The smallest absolute Gasteiger partial charge is 0.221 e. The number of nitrogens with one attached hydrogen (secondary N) is 2. The zero-order valence-corrected chi connectivity index (χ0v) is 15.5. The molecule has 0 unspecified atom stereocenters. The highest BCUT2D eigenvalue weighted by Crippen LogP contribution is 2.08. The average molecular weight is 313 g/mol. The van der Waals surface area contributed by atoms with E-state index in [1.807, 2.05) is 39.6 Å². The topological polar surface area (TPSA) is 61.4 Å². The molecule has 2 amide bonds. The third-order valence-corrected chi connectivity index (χ3v) is 4.16. The highest BCUT2D eigenvalue weighted by atomic mass is 16.2. The molecule has 0 aromatic carbocycles. The van der Waals surface area contributed by atoms with Gasteiger partial charge in [-0.1, -0.05) is 13.8 Å². The maximum absolute atomic E-state index is 11.9. The van der Waals surface area contributed by atoms with Crippen molar-refractivity contribution >= 4 is 11.8 Å². The Hall–Kier alpha value is -1.10. The van der Waals surface area contributed by atoms with Crippen LogP contribution in [0.5, 0.6) is 0 Å². The maximum Gasteiger partial charge on any atom is 0.221 e. The van der Waals surface area contributed by atoms with Crippen LogP contribution in [0.2, 0.25) is 0 Å². The predicted octanol–water partition coefficient (Wildman–Crippen LogP) is 2.31. The van der Waals surface area contributed by atoms with Gasteiger partial charge in [0, 0.05) is 37.0 Å². The van der Waals surface area contributed by atoms with Crippen molar-refractivity contribution in [1.82, 2.24) is 15.5 Å². The highest BCUT2D eigenvalue weighted by molar-refractivity contribution is 5.77. The predicted molar refractivity (Wildman–Crippen MR) is 91.8 cm³/mol. The van der Waals surface area contributed by atoms with Crippen molar-refractivity contribution < 1.29 is 9.59 Å². The maximum atomic E-state index is 11.9. The van der Waals surface area contributed by atoms with Gasteiger partial charge in [-0.3, -0.25) is 9.59 Å². The number of hydrogen-bond acceptors (Lipinski definition) is 3. The molecule has 0 spiro atoms. The van der Waals surface area contributed by atoms with Gasteiger partial charge < -0.3 is 15.5 Å². The minimum atomic E-state index is -0.152. The van der Waals surface area contributed by atoms with Crippen molar-refractivity contribution in [3.63, 3.8) is 0 Å². The van der Waals surface area contributed by atoms with Gasteiger partial charge in [-0.2, -0.15) is 0 Å². The molecular weight excluding hydrogens is 278 g/mol. The summed E-state index contributed by atoms with van der Waals surface area (Å²) in [6.45, 7) is 13.5. The van der Waals surface area contributed by atoms with Crippen LogP contribution in [0.4, 0.5) is 0 Å². The van der Waals surface area contributed by atoms with E-state index in [0.29, 0.717) is 25.9 Å². The lowest BCUT2D eigenvalue weighted by Gasteiger charge is -2.26. The van der Waals surface area contributed by atoms with Crippen molar-refractivity contribution in [3.8, 4) is 0 Å². The lowest BCUT2D eigenvalue weighted by molar-refractivity contribution is -0.123. The zero-order chi connectivity index (χ0) is 17.4. The lowest BCUT2D eigenvalue weighted by Crippen LogP contribution is -2.44. The molecule has 2 N–H and O–H groups in total. The monoisotopic (exact) mass is 313 g/mol. The van der Waals surface area contributed by atoms with Gasteiger partial charge in [0.25, 0.3) is 0 Å². The zero-order valence-electron chi connectivity index (χ0n) is 15.5. The van der Waals surface area contributed by atoms with Gasteiger partial charge in [0.2, 0.25) is 11.8 Å². The first kappa shape index (κ1) is 20.9. The Bertz CT molecular complexity index is 331. The van der Waals surface area contributed by atoms with E-state index in [9.17, 15) is 9.59 Å². The van der Waals surface area contributed by atoms with E-state index in [4.69, 9.17) is 0 Å². The second kappa shape index (κ2) is 9.13. The Morgan fingerprint density at radius 3 is 1.41 bits per heavy atom. The molecule has 0 atom stereocenters. The third kappa shape index (κ3) is 9.77. The fourth-order valence-electron chi connectivity index (χ4n) is 1.75. The van der Waals surface area contributed by atoms with Gasteiger partial charge in [0.15, 0.2) is 0 Å². The second-order valence-corrected chi connectivity index (χ2v) is 7.37. The largest absolute Gasteiger partial charge is 0.351 e. The van der Waals surface area contributed by atoms with Gasteiger partial charge in [0.05, 0.1) is 0 Å². The summed E-state index contributed by atoms with van der Waals surface area (Å²) in [4.78, 5) is 25.8. The number of amides is 2. The summed E-state index contributed by atoms with van der Waals surface area (Å²) < 4.78 is 0. The molecule has 5 heteroatoms. The molecule has 0 bridgehead atoms. The fourth-order valence-corrected chi connectivity index (χ4v) is 1.75. The van der Waals surface area contributed by atoms with E-state index in [1.54, 1.807) is 0 Å². The highest BCUT2D eigenvalue weighted by Gasteiger charge is 2.19. The molecule has 0 aromatic rings. The van der Waals surface area contributed by atoms with Gasteiger partial charge in [-0.25, -0.2) is 0 Å². The van der Waals surface area contributed by atoms with E-state index in [1.165, 1.54) is 0 Å². The number of carbonyl (C=O) groups is 2. The van der Waals surface area contributed by atoms with Crippen molar-refractivity contribution in [3.05, 3.63) is 0 Å². The van der Waals surface area contributed by atoms with E-state index in [0.717, 1.165) is 12.8 Å².